The number of rotatable bonds is 5. The van der Waals surface area contributed by atoms with Gasteiger partial charge in [0.15, 0.2) is 0 Å². The molecule has 0 heteroatoms. The summed E-state index contributed by atoms with van der Waals surface area (Å²) >= 11 is 0. The Labute approximate surface area is 99.0 Å². The lowest BCUT2D eigenvalue weighted by molar-refractivity contribution is 1.00. The quantitative estimate of drug-likeness (QED) is 0.621. The van der Waals surface area contributed by atoms with Crippen molar-refractivity contribution in [1.82, 2.24) is 0 Å². The molecular formula is C16H20. The van der Waals surface area contributed by atoms with Gasteiger partial charge in [0, 0.05) is 0 Å². The van der Waals surface area contributed by atoms with E-state index < -0.39 is 0 Å². The summed E-state index contributed by atoms with van der Waals surface area (Å²) in [6.07, 6.45) is 12.9. The van der Waals surface area contributed by atoms with Gasteiger partial charge >= 0.3 is 0 Å². The molecule has 1 aromatic rings. The molecule has 0 bridgehead atoms. The molecule has 0 saturated heterocycles. The zero-order chi connectivity index (χ0) is 11.6. The van der Waals surface area contributed by atoms with Crippen molar-refractivity contribution < 1.29 is 0 Å². The lowest BCUT2D eigenvalue weighted by Crippen LogP contribution is -1.80. The van der Waals surface area contributed by atoms with Crippen molar-refractivity contribution in [3.05, 3.63) is 71.8 Å². The van der Waals surface area contributed by atoms with E-state index in [0.29, 0.717) is 0 Å². The summed E-state index contributed by atoms with van der Waals surface area (Å²) in [7, 11) is 0. The summed E-state index contributed by atoms with van der Waals surface area (Å²) in [4.78, 5) is 0. The molecule has 16 heavy (non-hydrogen) atoms. The molecular weight excluding hydrogens is 192 g/mol. The second-order valence-corrected chi connectivity index (χ2v) is 3.86. The van der Waals surface area contributed by atoms with Gasteiger partial charge in [-0.3, -0.25) is 0 Å². The molecule has 1 rings (SSSR count). The SMILES string of the molecule is C\C=C/C(C)=C\C=C\CCc1ccccc1. The van der Waals surface area contributed by atoms with E-state index in [-0.39, 0.29) is 0 Å². The van der Waals surface area contributed by atoms with E-state index >= 15 is 0 Å². The number of hydrogen-bond acceptors (Lipinski definition) is 0. The van der Waals surface area contributed by atoms with Crippen LogP contribution in [0.15, 0.2) is 66.3 Å². The van der Waals surface area contributed by atoms with Crippen LogP contribution in [0.3, 0.4) is 0 Å². The zero-order valence-electron chi connectivity index (χ0n) is 10.2. The van der Waals surface area contributed by atoms with E-state index in [1.165, 1.54) is 11.1 Å². The Balaban J connectivity index is 2.31. The first-order chi connectivity index (χ1) is 7.83. The zero-order valence-corrected chi connectivity index (χ0v) is 10.2. The van der Waals surface area contributed by atoms with E-state index in [9.17, 15) is 0 Å². The Morgan fingerprint density at radius 3 is 2.62 bits per heavy atom. The Hall–Kier alpha value is -1.56. The minimum absolute atomic E-state index is 1.10. The summed E-state index contributed by atoms with van der Waals surface area (Å²) in [5.74, 6) is 0. The maximum absolute atomic E-state index is 2.22. The minimum atomic E-state index is 1.10. The summed E-state index contributed by atoms with van der Waals surface area (Å²) in [6, 6.07) is 10.6. The predicted molar refractivity (Wildman–Crippen MR) is 72.5 cm³/mol. The van der Waals surface area contributed by atoms with Gasteiger partial charge in [0.1, 0.15) is 0 Å². The van der Waals surface area contributed by atoms with Crippen LogP contribution in [0.2, 0.25) is 0 Å². The van der Waals surface area contributed by atoms with E-state index in [0.717, 1.165) is 12.8 Å². The molecule has 0 fully saturated rings. The van der Waals surface area contributed by atoms with Crippen LogP contribution in [-0.4, -0.2) is 0 Å². The standard InChI is InChI=1S/C16H20/c1-3-10-15(2)11-6-4-7-12-16-13-8-5-9-14-16/h3-6,8-11,13-14H,7,12H2,1-2H3/b6-4+,10-3-,15-11-. The second kappa shape index (κ2) is 7.70. The number of aryl methyl sites for hydroxylation is 1. The molecule has 0 heterocycles. The van der Waals surface area contributed by atoms with Gasteiger partial charge in [-0.15, -0.1) is 0 Å². The summed E-state index contributed by atoms with van der Waals surface area (Å²) in [5.41, 5.74) is 2.69. The van der Waals surface area contributed by atoms with Crippen molar-refractivity contribution in [2.75, 3.05) is 0 Å². The van der Waals surface area contributed by atoms with Crippen molar-refractivity contribution in [2.24, 2.45) is 0 Å². The third-order valence-electron chi connectivity index (χ3n) is 2.37. The van der Waals surface area contributed by atoms with E-state index in [1.54, 1.807) is 0 Å². The molecule has 0 nitrogen and oxygen atoms in total. The van der Waals surface area contributed by atoms with E-state index in [2.05, 4.69) is 67.6 Å². The molecule has 0 saturated carbocycles. The minimum Gasteiger partial charge on any atom is -0.0874 e. The third kappa shape index (κ3) is 5.35. The maximum atomic E-state index is 2.22. The average molecular weight is 212 g/mol. The fourth-order valence-electron chi connectivity index (χ4n) is 1.53. The van der Waals surface area contributed by atoms with Gasteiger partial charge in [-0.2, -0.15) is 0 Å². The maximum Gasteiger partial charge on any atom is -0.0244 e. The average Bonchev–Trinajstić information content (AvgIpc) is 2.30. The van der Waals surface area contributed by atoms with Gasteiger partial charge < -0.3 is 0 Å². The highest BCUT2D eigenvalue weighted by atomic mass is 13.9. The number of allylic oxidation sites excluding steroid dienone is 6. The third-order valence-corrected chi connectivity index (χ3v) is 2.37. The first-order valence-corrected chi connectivity index (χ1v) is 5.83. The fraction of sp³-hybridized carbons (Fsp3) is 0.250. The lowest BCUT2D eigenvalue weighted by Gasteiger charge is -1.95. The van der Waals surface area contributed by atoms with Crippen LogP contribution in [0.25, 0.3) is 0 Å². The van der Waals surface area contributed by atoms with Crippen molar-refractivity contribution >= 4 is 0 Å². The molecule has 0 unspecified atom stereocenters. The van der Waals surface area contributed by atoms with Crippen molar-refractivity contribution in [3.8, 4) is 0 Å². The largest absolute Gasteiger partial charge is 0.0874 e. The van der Waals surface area contributed by atoms with Crippen molar-refractivity contribution in [3.63, 3.8) is 0 Å². The molecule has 0 aliphatic carbocycles. The molecule has 0 aromatic heterocycles. The molecule has 1 aromatic carbocycles. The van der Waals surface area contributed by atoms with Crippen LogP contribution in [0.1, 0.15) is 25.8 Å². The van der Waals surface area contributed by atoms with Crippen molar-refractivity contribution in [1.29, 1.82) is 0 Å². The Morgan fingerprint density at radius 1 is 1.19 bits per heavy atom. The summed E-state index contributed by atoms with van der Waals surface area (Å²) in [5, 5.41) is 0. The molecule has 0 N–H and O–H groups in total. The summed E-state index contributed by atoms with van der Waals surface area (Å²) < 4.78 is 0. The molecule has 0 aliphatic rings. The smallest absolute Gasteiger partial charge is 0.0244 e. The van der Waals surface area contributed by atoms with Crippen LogP contribution in [-0.2, 0) is 6.42 Å². The number of hydrogen-bond donors (Lipinski definition) is 0. The van der Waals surface area contributed by atoms with Gasteiger partial charge in [0.2, 0.25) is 0 Å². The van der Waals surface area contributed by atoms with Crippen LogP contribution in [0.5, 0.6) is 0 Å². The van der Waals surface area contributed by atoms with Gasteiger partial charge in [0.05, 0.1) is 0 Å². The van der Waals surface area contributed by atoms with Crippen LogP contribution in [0, 0.1) is 0 Å². The molecule has 0 atom stereocenters. The molecule has 0 radical (unpaired) electrons. The molecule has 0 amide bonds. The molecule has 84 valence electrons. The fourth-order valence-corrected chi connectivity index (χ4v) is 1.53. The van der Waals surface area contributed by atoms with Gasteiger partial charge in [-0.05, 0) is 32.3 Å². The van der Waals surface area contributed by atoms with Gasteiger partial charge in [0.25, 0.3) is 0 Å². The Morgan fingerprint density at radius 2 is 1.94 bits per heavy atom. The predicted octanol–water partition coefficient (Wildman–Crippen LogP) is 4.70. The van der Waals surface area contributed by atoms with Crippen molar-refractivity contribution in [2.45, 2.75) is 26.7 Å². The second-order valence-electron chi connectivity index (χ2n) is 3.86. The number of benzene rings is 1. The Kier molecular flexibility index (Phi) is 6.02. The topological polar surface area (TPSA) is 0 Å². The van der Waals surface area contributed by atoms with Crippen LogP contribution in [0.4, 0.5) is 0 Å². The highest BCUT2D eigenvalue weighted by Gasteiger charge is 1.87. The van der Waals surface area contributed by atoms with Crippen LogP contribution < -0.4 is 0 Å². The van der Waals surface area contributed by atoms with Crippen LogP contribution >= 0.6 is 0 Å². The highest BCUT2D eigenvalue weighted by Crippen LogP contribution is 2.03. The molecule has 0 spiro atoms. The first kappa shape index (κ1) is 12.5. The normalized spacial score (nSPS) is 12.8. The molecule has 0 aliphatic heterocycles. The van der Waals surface area contributed by atoms with E-state index in [1.807, 2.05) is 6.92 Å². The summed E-state index contributed by atoms with van der Waals surface area (Å²) in [6.45, 7) is 4.15. The van der Waals surface area contributed by atoms with Gasteiger partial charge in [-0.25, -0.2) is 0 Å². The lowest BCUT2D eigenvalue weighted by atomic mass is 10.1. The van der Waals surface area contributed by atoms with Gasteiger partial charge in [-0.1, -0.05) is 66.3 Å². The first-order valence-electron chi connectivity index (χ1n) is 5.83. The monoisotopic (exact) mass is 212 g/mol. The Bertz CT molecular complexity index is 366. The highest BCUT2D eigenvalue weighted by molar-refractivity contribution is 5.21. The van der Waals surface area contributed by atoms with E-state index in [4.69, 9.17) is 0 Å².